The Balaban J connectivity index is 1.85. The molecule has 1 amide bonds. The van der Waals surface area contributed by atoms with Crippen LogP contribution in [0, 0.1) is 13.8 Å². The second kappa shape index (κ2) is 8.40. The van der Waals surface area contributed by atoms with E-state index in [4.69, 9.17) is 16.3 Å². The molecule has 150 valence electrons. The summed E-state index contributed by atoms with van der Waals surface area (Å²) in [5.41, 5.74) is 3.47. The first-order chi connectivity index (χ1) is 14.0. The number of ether oxygens (including phenoxy) is 1. The number of hydrogen-bond donors (Lipinski definition) is 0. The fourth-order valence-corrected chi connectivity index (χ4v) is 6.10. The molecule has 0 aliphatic heterocycles. The summed E-state index contributed by atoms with van der Waals surface area (Å²) >= 11 is 9.41. The number of thiazole rings is 1. The van der Waals surface area contributed by atoms with Gasteiger partial charge in [0.2, 0.25) is 0 Å². The summed E-state index contributed by atoms with van der Waals surface area (Å²) in [6, 6.07) is 12.1. The molecular weight excluding hydrogens is 424 g/mol. The van der Waals surface area contributed by atoms with Gasteiger partial charge in [-0.25, -0.2) is 0 Å². The lowest BCUT2D eigenvalue weighted by molar-refractivity contribution is 0.100. The van der Waals surface area contributed by atoms with Crippen molar-refractivity contribution in [2.24, 2.45) is 4.99 Å². The Morgan fingerprint density at radius 1 is 1.17 bits per heavy atom. The first-order valence-electron chi connectivity index (χ1n) is 9.44. The molecular formula is C22H21ClN2O2S2. The first kappa shape index (κ1) is 20.3. The highest BCUT2D eigenvalue weighted by Crippen LogP contribution is 2.35. The highest BCUT2D eigenvalue weighted by Gasteiger charge is 2.18. The number of benzene rings is 2. The molecule has 2 aromatic carbocycles. The number of nitrogens with zero attached hydrogens (tertiary/aromatic N) is 2. The molecule has 0 aliphatic rings. The predicted molar refractivity (Wildman–Crippen MR) is 123 cm³/mol. The highest BCUT2D eigenvalue weighted by molar-refractivity contribution is 7.21. The van der Waals surface area contributed by atoms with Crippen LogP contribution in [0.3, 0.4) is 0 Å². The van der Waals surface area contributed by atoms with Crippen LogP contribution in [0.25, 0.3) is 20.3 Å². The quantitative estimate of drug-likeness (QED) is 0.356. The summed E-state index contributed by atoms with van der Waals surface area (Å²) in [5, 5.41) is 1.37. The number of aromatic nitrogens is 1. The lowest BCUT2D eigenvalue weighted by atomic mass is 10.1. The van der Waals surface area contributed by atoms with Gasteiger partial charge in [-0.05, 0) is 44.0 Å². The molecule has 0 atom stereocenters. The minimum absolute atomic E-state index is 0.303. The lowest BCUT2D eigenvalue weighted by Gasteiger charge is -2.08. The van der Waals surface area contributed by atoms with E-state index in [1.807, 2.05) is 31.2 Å². The van der Waals surface area contributed by atoms with Crippen LogP contribution < -0.4 is 4.80 Å². The van der Waals surface area contributed by atoms with Crippen molar-refractivity contribution >= 4 is 60.5 Å². The predicted octanol–water partition coefficient (Wildman–Crippen LogP) is 5.97. The van der Waals surface area contributed by atoms with E-state index < -0.39 is 0 Å². The van der Waals surface area contributed by atoms with E-state index in [0.29, 0.717) is 34.5 Å². The maximum atomic E-state index is 13.0. The number of amides is 1. The Morgan fingerprint density at radius 2 is 1.97 bits per heavy atom. The van der Waals surface area contributed by atoms with Crippen LogP contribution in [-0.4, -0.2) is 23.7 Å². The molecule has 0 saturated heterocycles. The summed E-state index contributed by atoms with van der Waals surface area (Å²) < 4.78 is 9.76. The molecule has 4 nitrogen and oxygen atoms in total. The summed E-state index contributed by atoms with van der Waals surface area (Å²) in [6.07, 6.45) is 0. The van der Waals surface area contributed by atoms with Crippen molar-refractivity contribution in [1.29, 1.82) is 0 Å². The Labute approximate surface area is 182 Å². The minimum Gasteiger partial charge on any atom is -0.380 e. The van der Waals surface area contributed by atoms with E-state index in [1.54, 1.807) is 0 Å². The van der Waals surface area contributed by atoms with Crippen LogP contribution in [0.15, 0.2) is 41.4 Å². The molecule has 0 radical (unpaired) electrons. The summed E-state index contributed by atoms with van der Waals surface area (Å²) in [6.45, 7) is 8.01. The number of rotatable bonds is 5. The zero-order valence-corrected chi connectivity index (χ0v) is 18.9. The molecule has 4 aromatic rings. The standard InChI is InChI=1S/C22H21ClN2O2S2/c1-4-27-10-9-25-19-14(3)11-13(2)12-17(19)29-22(25)24-21(26)20-18(23)15-7-5-6-8-16(15)28-20/h5-8,11-12H,4,9-10H2,1-3H3. The van der Waals surface area contributed by atoms with Crippen molar-refractivity contribution in [2.75, 3.05) is 13.2 Å². The van der Waals surface area contributed by atoms with Gasteiger partial charge in [0.25, 0.3) is 5.91 Å². The van der Waals surface area contributed by atoms with Crippen LogP contribution in [-0.2, 0) is 11.3 Å². The molecule has 0 N–H and O–H groups in total. The summed E-state index contributed by atoms with van der Waals surface area (Å²) in [7, 11) is 0. The Morgan fingerprint density at radius 3 is 2.72 bits per heavy atom. The summed E-state index contributed by atoms with van der Waals surface area (Å²) in [4.78, 5) is 18.7. The average Bonchev–Trinajstić information content (AvgIpc) is 3.20. The molecule has 0 unspecified atom stereocenters. The van der Waals surface area contributed by atoms with Crippen LogP contribution in [0.2, 0.25) is 5.02 Å². The molecule has 0 bridgehead atoms. The zero-order valence-electron chi connectivity index (χ0n) is 16.5. The van der Waals surface area contributed by atoms with Gasteiger partial charge in [0.1, 0.15) is 4.88 Å². The second-order valence-electron chi connectivity index (χ2n) is 6.82. The van der Waals surface area contributed by atoms with Crippen LogP contribution in [0.1, 0.15) is 27.7 Å². The third-order valence-corrected chi connectivity index (χ3v) is 7.39. The van der Waals surface area contributed by atoms with Gasteiger partial charge < -0.3 is 9.30 Å². The zero-order chi connectivity index (χ0) is 20.5. The van der Waals surface area contributed by atoms with Crippen LogP contribution in [0.5, 0.6) is 0 Å². The van der Waals surface area contributed by atoms with Crippen molar-refractivity contribution in [2.45, 2.75) is 27.3 Å². The van der Waals surface area contributed by atoms with Gasteiger partial charge >= 0.3 is 0 Å². The Kier molecular flexibility index (Phi) is 5.88. The molecule has 0 saturated carbocycles. The average molecular weight is 445 g/mol. The van der Waals surface area contributed by atoms with Crippen LogP contribution >= 0.6 is 34.3 Å². The smallest absolute Gasteiger partial charge is 0.291 e. The van der Waals surface area contributed by atoms with Gasteiger partial charge in [0.05, 0.1) is 21.8 Å². The van der Waals surface area contributed by atoms with Gasteiger partial charge in [-0.1, -0.05) is 47.2 Å². The maximum absolute atomic E-state index is 13.0. The molecule has 7 heteroatoms. The van der Waals surface area contributed by atoms with Gasteiger partial charge in [-0.3, -0.25) is 4.79 Å². The monoisotopic (exact) mass is 444 g/mol. The van der Waals surface area contributed by atoms with Crippen molar-refractivity contribution < 1.29 is 9.53 Å². The molecule has 29 heavy (non-hydrogen) atoms. The molecule has 4 rings (SSSR count). The van der Waals surface area contributed by atoms with Crippen molar-refractivity contribution in [3.8, 4) is 0 Å². The van der Waals surface area contributed by atoms with E-state index in [1.165, 1.54) is 33.8 Å². The number of thiophene rings is 1. The number of halogens is 1. The molecule has 2 aromatic heterocycles. The lowest BCUT2D eigenvalue weighted by Crippen LogP contribution is -2.20. The summed E-state index contributed by atoms with van der Waals surface area (Å²) in [5.74, 6) is -0.303. The topological polar surface area (TPSA) is 43.6 Å². The van der Waals surface area contributed by atoms with Crippen molar-refractivity contribution in [3.63, 3.8) is 0 Å². The van der Waals surface area contributed by atoms with E-state index in [9.17, 15) is 4.79 Å². The Bertz CT molecular complexity index is 1280. The van der Waals surface area contributed by atoms with E-state index in [-0.39, 0.29) is 5.91 Å². The molecule has 0 spiro atoms. The number of carbonyl (C=O) groups is 1. The largest absolute Gasteiger partial charge is 0.380 e. The molecule has 0 aliphatic carbocycles. The van der Waals surface area contributed by atoms with Gasteiger partial charge in [0, 0.05) is 23.2 Å². The molecule has 0 fully saturated rings. The van der Waals surface area contributed by atoms with Crippen molar-refractivity contribution in [1.82, 2.24) is 4.57 Å². The van der Waals surface area contributed by atoms with E-state index >= 15 is 0 Å². The fraction of sp³-hybridized carbons (Fsp3) is 0.273. The van der Waals surface area contributed by atoms with Gasteiger partial charge in [-0.15, -0.1) is 11.3 Å². The van der Waals surface area contributed by atoms with Crippen molar-refractivity contribution in [3.05, 3.63) is 62.2 Å². The third kappa shape index (κ3) is 3.90. The van der Waals surface area contributed by atoms with Gasteiger partial charge in [0.15, 0.2) is 4.80 Å². The number of hydrogen-bond acceptors (Lipinski definition) is 4. The van der Waals surface area contributed by atoms with Crippen LogP contribution in [0.4, 0.5) is 0 Å². The van der Waals surface area contributed by atoms with E-state index in [2.05, 4.69) is 35.5 Å². The number of carbonyl (C=O) groups excluding carboxylic acids is 1. The number of fused-ring (bicyclic) bond motifs is 2. The van der Waals surface area contributed by atoms with E-state index in [0.717, 1.165) is 20.3 Å². The third-order valence-electron chi connectivity index (χ3n) is 4.70. The molecule has 2 heterocycles. The minimum atomic E-state index is -0.303. The first-order valence-corrected chi connectivity index (χ1v) is 11.4. The normalized spacial score (nSPS) is 12.3. The Hall–Kier alpha value is -1.99. The fourth-order valence-electron chi connectivity index (χ4n) is 3.47. The van der Waals surface area contributed by atoms with Gasteiger partial charge in [-0.2, -0.15) is 4.99 Å². The second-order valence-corrected chi connectivity index (χ2v) is 9.26. The highest BCUT2D eigenvalue weighted by atomic mass is 35.5. The SMILES string of the molecule is CCOCCn1c(=NC(=O)c2sc3ccccc3c2Cl)sc2cc(C)cc(C)c21. The number of aryl methyl sites for hydroxylation is 2. The maximum Gasteiger partial charge on any atom is 0.291 e.